The van der Waals surface area contributed by atoms with E-state index in [0.29, 0.717) is 25.7 Å². The van der Waals surface area contributed by atoms with Crippen LogP contribution in [-0.2, 0) is 11.3 Å². The standard InChI is InChI=1S/C19H29N3O3.HI/c1-3-20-19(22(2)13-15-8-11-23-14-15)21-12-16-6-4-7-17-18(16)25-10-5-9-24-17;/h4,6-7,15H,3,5,8-14H2,1-2H3,(H,20,21);1H. The van der Waals surface area contributed by atoms with Gasteiger partial charge in [-0.1, -0.05) is 12.1 Å². The minimum Gasteiger partial charge on any atom is -0.490 e. The van der Waals surface area contributed by atoms with Gasteiger partial charge in [0, 0.05) is 44.6 Å². The second kappa shape index (κ2) is 10.8. The van der Waals surface area contributed by atoms with E-state index < -0.39 is 0 Å². The van der Waals surface area contributed by atoms with E-state index >= 15 is 0 Å². The quantitative estimate of drug-likeness (QED) is 0.404. The zero-order valence-corrected chi connectivity index (χ0v) is 18.0. The highest BCUT2D eigenvalue weighted by Gasteiger charge is 2.19. The lowest BCUT2D eigenvalue weighted by Gasteiger charge is -2.24. The van der Waals surface area contributed by atoms with Gasteiger partial charge in [0.15, 0.2) is 17.5 Å². The van der Waals surface area contributed by atoms with Crippen molar-refractivity contribution < 1.29 is 14.2 Å². The molecule has 1 aromatic rings. The second-order valence-electron chi connectivity index (χ2n) is 6.58. The fourth-order valence-corrected chi connectivity index (χ4v) is 3.21. The number of hydrogen-bond donors (Lipinski definition) is 1. The number of benzene rings is 1. The van der Waals surface area contributed by atoms with Crippen molar-refractivity contribution in [2.45, 2.75) is 26.3 Å². The van der Waals surface area contributed by atoms with Crippen LogP contribution in [0.15, 0.2) is 23.2 Å². The lowest BCUT2D eigenvalue weighted by Crippen LogP contribution is -2.41. The highest BCUT2D eigenvalue weighted by Crippen LogP contribution is 2.33. The van der Waals surface area contributed by atoms with E-state index in [4.69, 9.17) is 19.2 Å². The number of hydrogen-bond acceptors (Lipinski definition) is 4. The largest absolute Gasteiger partial charge is 0.490 e. The third kappa shape index (κ3) is 5.64. The number of guanidine groups is 1. The van der Waals surface area contributed by atoms with Crippen LogP contribution in [0, 0.1) is 5.92 Å². The molecule has 0 amide bonds. The van der Waals surface area contributed by atoms with Crippen LogP contribution >= 0.6 is 24.0 Å². The van der Waals surface area contributed by atoms with Crippen molar-refractivity contribution in [2.75, 3.05) is 46.6 Å². The summed E-state index contributed by atoms with van der Waals surface area (Å²) in [4.78, 5) is 7.02. The first-order valence-electron chi connectivity index (χ1n) is 9.22. The molecule has 146 valence electrons. The number of rotatable bonds is 5. The van der Waals surface area contributed by atoms with Crippen molar-refractivity contribution in [2.24, 2.45) is 10.9 Å². The van der Waals surface area contributed by atoms with Crippen LogP contribution in [0.2, 0.25) is 0 Å². The summed E-state index contributed by atoms with van der Waals surface area (Å²) in [6.07, 6.45) is 2.04. The number of fused-ring (bicyclic) bond motifs is 1. The lowest BCUT2D eigenvalue weighted by atomic mass is 10.1. The molecule has 0 spiro atoms. The minimum absolute atomic E-state index is 0. The molecule has 0 aliphatic carbocycles. The number of halogens is 1. The first-order valence-corrected chi connectivity index (χ1v) is 9.22. The van der Waals surface area contributed by atoms with Gasteiger partial charge in [0.1, 0.15) is 0 Å². The maximum atomic E-state index is 5.90. The molecule has 1 fully saturated rings. The van der Waals surface area contributed by atoms with Crippen molar-refractivity contribution in [1.29, 1.82) is 0 Å². The van der Waals surface area contributed by atoms with Crippen LogP contribution in [0.4, 0.5) is 0 Å². The smallest absolute Gasteiger partial charge is 0.193 e. The van der Waals surface area contributed by atoms with Crippen LogP contribution in [0.1, 0.15) is 25.3 Å². The molecule has 0 radical (unpaired) electrons. The van der Waals surface area contributed by atoms with Crippen molar-refractivity contribution in [3.63, 3.8) is 0 Å². The third-order valence-corrected chi connectivity index (χ3v) is 4.50. The van der Waals surface area contributed by atoms with E-state index in [9.17, 15) is 0 Å². The summed E-state index contributed by atoms with van der Waals surface area (Å²) < 4.78 is 17.1. The number of para-hydroxylation sites is 1. The molecule has 6 nitrogen and oxygen atoms in total. The van der Waals surface area contributed by atoms with Crippen LogP contribution in [0.25, 0.3) is 0 Å². The van der Waals surface area contributed by atoms with E-state index in [2.05, 4.69) is 30.3 Å². The Balaban J connectivity index is 0.00000243. The molecule has 1 aromatic carbocycles. The van der Waals surface area contributed by atoms with Crippen molar-refractivity contribution in [3.8, 4) is 11.5 Å². The average molecular weight is 475 g/mol. The first-order chi connectivity index (χ1) is 12.3. The molecule has 2 aliphatic rings. The molecule has 2 aliphatic heterocycles. The summed E-state index contributed by atoms with van der Waals surface area (Å²) in [5.74, 6) is 3.17. The Labute approximate surface area is 173 Å². The topological polar surface area (TPSA) is 55.3 Å². The Hall–Kier alpha value is -1.22. The number of aliphatic imine (C=N–C) groups is 1. The van der Waals surface area contributed by atoms with Gasteiger partial charge in [-0.15, -0.1) is 24.0 Å². The van der Waals surface area contributed by atoms with Crippen LogP contribution in [0.3, 0.4) is 0 Å². The Kier molecular flexibility index (Phi) is 8.77. The lowest BCUT2D eigenvalue weighted by molar-refractivity contribution is 0.181. The molecule has 26 heavy (non-hydrogen) atoms. The Morgan fingerprint density at radius 1 is 1.27 bits per heavy atom. The fourth-order valence-electron chi connectivity index (χ4n) is 3.21. The third-order valence-electron chi connectivity index (χ3n) is 4.50. The Morgan fingerprint density at radius 2 is 2.12 bits per heavy atom. The minimum atomic E-state index is 0. The number of ether oxygens (including phenoxy) is 3. The summed E-state index contributed by atoms with van der Waals surface area (Å²) in [6.45, 7) is 7.58. The van der Waals surface area contributed by atoms with E-state index in [1.54, 1.807) is 0 Å². The molecule has 0 bridgehead atoms. The SMILES string of the molecule is CCNC(=NCc1cccc2c1OCCCO2)N(C)CC1CCOC1.I. The molecule has 0 aromatic heterocycles. The summed E-state index contributed by atoms with van der Waals surface area (Å²) in [5, 5.41) is 3.38. The van der Waals surface area contributed by atoms with Crippen molar-refractivity contribution >= 4 is 29.9 Å². The van der Waals surface area contributed by atoms with Crippen LogP contribution in [-0.4, -0.2) is 57.4 Å². The highest BCUT2D eigenvalue weighted by atomic mass is 127. The monoisotopic (exact) mass is 475 g/mol. The molecule has 7 heteroatoms. The molecule has 0 saturated carbocycles. The molecule has 1 saturated heterocycles. The summed E-state index contributed by atoms with van der Waals surface area (Å²) in [6, 6.07) is 6.03. The fraction of sp³-hybridized carbons (Fsp3) is 0.632. The van der Waals surface area contributed by atoms with E-state index in [1.807, 2.05) is 12.1 Å². The van der Waals surface area contributed by atoms with Gasteiger partial charge in [-0.25, -0.2) is 4.99 Å². The van der Waals surface area contributed by atoms with Crippen molar-refractivity contribution in [1.82, 2.24) is 10.2 Å². The summed E-state index contributed by atoms with van der Waals surface area (Å²) >= 11 is 0. The van der Waals surface area contributed by atoms with Gasteiger partial charge >= 0.3 is 0 Å². The number of nitrogens with zero attached hydrogens (tertiary/aromatic N) is 2. The van der Waals surface area contributed by atoms with Gasteiger partial charge in [0.25, 0.3) is 0 Å². The second-order valence-corrected chi connectivity index (χ2v) is 6.58. The Bertz CT molecular complexity index is 591. The van der Waals surface area contributed by atoms with Gasteiger partial charge in [0.05, 0.1) is 26.4 Å². The van der Waals surface area contributed by atoms with E-state index in [-0.39, 0.29) is 24.0 Å². The number of nitrogens with one attached hydrogen (secondary N) is 1. The molecular formula is C19H30IN3O3. The van der Waals surface area contributed by atoms with E-state index in [0.717, 1.165) is 62.2 Å². The normalized spacial score (nSPS) is 19.5. The molecular weight excluding hydrogens is 445 g/mol. The molecule has 1 atom stereocenters. The van der Waals surface area contributed by atoms with Crippen LogP contribution < -0.4 is 14.8 Å². The molecule has 1 N–H and O–H groups in total. The zero-order valence-electron chi connectivity index (χ0n) is 15.7. The predicted octanol–water partition coefficient (Wildman–Crippen LogP) is 2.90. The van der Waals surface area contributed by atoms with E-state index in [1.165, 1.54) is 0 Å². The predicted molar refractivity (Wildman–Crippen MR) is 114 cm³/mol. The van der Waals surface area contributed by atoms with Gasteiger partial charge in [-0.3, -0.25) is 0 Å². The summed E-state index contributed by atoms with van der Waals surface area (Å²) in [7, 11) is 2.09. The van der Waals surface area contributed by atoms with Crippen molar-refractivity contribution in [3.05, 3.63) is 23.8 Å². The Morgan fingerprint density at radius 3 is 2.88 bits per heavy atom. The van der Waals surface area contributed by atoms with Gasteiger partial charge in [-0.2, -0.15) is 0 Å². The maximum absolute atomic E-state index is 5.90. The van der Waals surface area contributed by atoms with Crippen LogP contribution in [0.5, 0.6) is 11.5 Å². The molecule has 2 heterocycles. The molecule has 1 unspecified atom stereocenters. The first kappa shape index (κ1) is 21.1. The average Bonchev–Trinajstić information content (AvgIpc) is 3.00. The molecule has 3 rings (SSSR count). The maximum Gasteiger partial charge on any atom is 0.193 e. The zero-order chi connectivity index (χ0) is 17.5. The van der Waals surface area contributed by atoms with Gasteiger partial charge in [-0.05, 0) is 19.4 Å². The van der Waals surface area contributed by atoms with Gasteiger partial charge in [0.2, 0.25) is 0 Å². The van der Waals surface area contributed by atoms with Gasteiger partial charge < -0.3 is 24.4 Å². The summed E-state index contributed by atoms with van der Waals surface area (Å²) in [5.41, 5.74) is 1.06. The highest BCUT2D eigenvalue weighted by molar-refractivity contribution is 14.0.